The molecule has 0 aliphatic heterocycles. The average Bonchev–Trinajstić information content (AvgIpc) is 3.28. The molecule has 2 fully saturated rings. The second kappa shape index (κ2) is 6.52. The lowest BCUT2D eigenvalue weighted by Crippen LogP contribution is -2.17. The maximum atomic E-state index is 12.4. The number of ether oxygens (including phenoxy) is 1. The number of carbonyl (C=O) groups excluding carboxylic acids is 1. The van der Waals surface area contributed by atoms with E-state index in [-0.39, 0.29) is 12.6 Å². The smallest absolute Gasteiger partial charge is 0.336 e. The molecule has 2 bridgehead atoms. The number of benzene rings is 2. The average molecular weight is 362 g/mol. The van der Waals surface area contributed by atoms with E-state index in [1.807, 2.05) is 30.3 Å². The highest BCUT2D eigenvalue weighted by atomic mass is 16.5. The van der Waals surface area contributed by atoms with Gasteiger partial charge in [0.15, 0.2) is 0 Å². The third-order valence-corrected chi connectivity index (χ3v) is 6.42. The summed E-state index contributed by atoms with van der Waals surface area (Å²) in [6, 6.07) is 13.1. The van der Waals surface area contributed by atoms with Crippen molar-refractivity contribution in [1.29, 1.82) is 0 Å². The minimum absolute atomic E-state index is 0.107. The molecule has 2 saturated carbocycles. The van der Waals surface area contributed by atoms with Gasteiger partial charge in [-0.2, -0.15) is 0 Å². The summed E-state index contributed by atoms with van der Waals surface area (Å²) in [5.74, 6) is 1.85. The molecule has 1 heterocycles. The lowest BCUT2D eigenvalue weighted by atomic mass is 9.86. The van der Waals surface area contributed by atoms with Crippen molar-refractivity contribution in [2.75, 3.05) is 0 Å². The van der Waals surface area contributed by atoms with E-state index in [2.05, 4.69) is 0 Å². The lowest BCUT2D eigenvalue weighted by Gasteiger charge is -2.20. The second-order valence-corrected chi connectivity index (χ2v) is 8.05. The molecule has 4 heteroatoms. The number of rotatable bonds is 4. The van der Waals surface area contributed by atoms with Gasteiger partial charge in [0.25, 0.3) is 0 Å². The largest absolute Gasteiger partial charge is 0.461 e. The van der Waals surface area contributed by atoms with Gasteiger partial charge in [0.1, 0.15) is 12.2 Å². The summed E-state index contributed by atoms with van der Waals surface area (Å²) in [6.45, 7) is 0.107. The van der Waals surface area contributed by atoms with Gasteiger partial charge in [-0.25, -0.2) is 4.79 Å². The Morgan fingerprint density at radius 3 is 2.81 bits per heavy atom. The van der Waals surface area contributed by atoms with Gasteiger partial charge in [-0.1, -0.05) is 36.8 Å². The van der Waals surface area contributed by atoms with Crippen LogP contribution in [0.25, 0.3) is 21.7 Å². The summed E-state index contributed by atoms with van der Waals surface area (Å²) in [5, 5.41) is 2.91. The monoisotopic (exact) mass is 362 g/mol. The third-order valence-electron chi connectivity index (χ3n) is 6.42. The molecule has 138 valence electrons. The first-order valence-electron chi connectivity index (χ1n) is 9.77. The van der Waals surface area contributed by atoms with Crippen LogP contribution in [-0.2, 0) is 16.1 Å². The molecular formula is C23H22O4. The zero-order valence-electron chi connectivity index (χ0n) is 15.1. The molecule has 5 rings (SSSR count). The molecule has 2 aromatic carbocycles. The van der Waals surface area contributed by atoms with Crippen LogP contribution in [0.15, 0.2) is 51.7 Å². The molecule has 0 amide bonds. The van der Waals surface area contributed by atoms with E-state index in [4.69, 9.17) is 9.15 Å². The van der Waals surface area contributed by atoms with Crippen LogP contribution in [0.1, 0.15) is 37.7 Å². The Kier molecular flexibility index (Phi) is 4.00. The molecule has 27 heavy (non-hydrogen) atoms. The van der Waals surface area contributed by atoms with Crippen molar-refractivity contribution in [3.63, 3.8) is 0 Å². The van der Waals surface area contributed by atoms with Crippen LogP contribution in [0.5, 0.6) is 0 Å². The zero-order valence-corrected chi connectivity index (χ0v) is 15.1. The third kappa shape index (κ3) is 3.03. The van der Waals surface area contributed by atoms with Crippen LogP contribution in [0.4, 0.5) is 0 Å². The zero-order chi connectivity index (χ0) is 18.4. The summed E-state index contributed by atoms with van der Waals surface area (Å²) >= 11 is 0. The van der Waals surface area contributed by atoms with Gasteiger partial charge in [0.05, 0.1) is 0 Å². The molecule has 0 unspecified atom stereocenters. The minimum atomic E-state index is -0.420. The van der Waals surface area contributed by atoms with Crippen molar-refractivity contribution in [3.05, 3.63) is 58.4 Å². The highest BCUT2D eigenvalue weighted by Gasteiger charge is 2.40. The molecule has 3 aromatic rings. The minimum Gasteiger partial charge on any atom is -0.461 e. The maximum absolute atomic E-state index is 12.4. The Morgan fingerprint density at radius 1 is 1.11 bits per heavy atom. The molecule has 0 radical (unpaired) electrons. The number of fused-ring (bicyclic) bond motifs is 5. The fourth-order valence-corrected chi connectivity index (χ4v) is 5.19. The molecule has 2 aliphatic carbocycles. The first-order valence-corrected chi connectivity index (χ1v) is 9.77. The molecule has 0 saturated heterocycles. The molecule has 4 nitrogen and oxygen atoms in total. The standard InChI is InChI=1S/C23H22O4/c24-21(11-17-10-14-5-6-16(17)9-14)26-13-18-12-22(25)27-20-8-7-15-3-1-2-4-19(15)23(18)20/h1-4,7-8,12,14,16-17H,5-6,9-11,13H2/t14-,16-,17-/m1/s1. The van der Waals surface area contributed by atoms with E-state index in [1.54, 1.807) is 6.07 Å². The van der Waals surface area contributed by atoms with Gasteiger partial charge in [-0.05, 0) is 53.9 Å². The van der Waals surface area contributed by atoms with E-state index in [0.29, 0.717) is 29.4 Å². The van der Waals surface area contributed by atoms with Crippen molar-refractivity contribution in [2.24, 2.45) is 17.8 Å². The van der Waals surface area contributed by atoms with Gasteiger partial charge in [-0.3, -0.25) is 4.79 Å². The first-order chi connectivity index (χ1) is 13.2. The van der Waals surface area contributed by atoms with E-state index in [0.717, 1.165) is 22.1 Å². The fraction of sp³-hybridized carbons (Fsp3) is 0.391. The normalized spacial score (nSPS) is 23.9. The Balaban J connectivity index is 1.40. The number of esters is 1. The fourth-order valence-electron chi connectivity index (χ4n) is 5.19. The van der Waals surface area contributed by atoms with Crippen LogP contribution in [0, 0.1) is 17.8 Å². The predicted octanol–water partition coefficient (Wildman–Crippen LogP) is 4.82. The molecule has 0 N–H and O–H groups in total. The molecule has 0 spiro atoms. The molecule has 1 aromatic heterocycles. The van der Waals surface area contributed by atoms with Crippen LogP contribution in [-0.4, -0.2) is 5.97 Å². The number of carbonyl (C=O) groups is 1. The van der Waals surface area contributed by atoms with E-state index in [9.17, 15) is 9.59 Å². The SMILES string of the molecule is O=C(C[C@H]1C[C@@H]2CC[C@@H]1C2)OCc1cc(=O)oc2ccc3ccccc3c12. The number of hydrogen-bond donors (Lipinski definition) is 0. The van der Waals surface area contributed by atoms with Gasteiger partial charge >= 0.3 is 11.6 Å². The van der Waals surface area contributed by atoms with Crippen LogP contribution in [0.2, 0.25) is 0 Å². The van der Waals surface area contributed by atoms with E-state index in [1.165, 1.54) is 31.7 Å². The second-order valence-electron chi connectivity index (χ2n) is 8.05. The summed E-state index contributed by atoms with van der Waals surface area (Å²) in [7, 11) is 0. The quantitative estimate of drug-likeness (QED) is 0.379. The predicted molar refractivity (Wildman–Crippen MR) is 103 cm³/mol. The van der Waals surface area contributed by atoms with E-state index < -0.39 is 5.63 Å². The van der Waals surface area contributed by atoms with Crippen LogP contribution >= 0.6 is 0 Å². The Hall–Kier alpha value is -2.62. The maximum Gasteiger partial charge on any atom is 0.336 e. The molecule has 2 aliphatic rings. The van der Waals surface area contributed by atoms with Gasteiger partial charge < -0.3 is 9.15 Å². The highest BCUT2D eigenvalue weighted by molar-refractivity contribution is 6.07. The Labute approximate surface area is 157 Å². The van der Waals surface area contributed by atoms with Crippen molar-refractivity contribution < 1.29 is 13.9 Å². The first kappa shape index (κ1) is 16.5. The number of hydrogen-bond acceptors (Lipinski definition) is 4. The van der Waals surface area contributed by atoms with E-state index >= 15 is 0 Å². The van der Waals surface area contributed by atoms with Gasteiger partial charge in [0.2, 0.25) is 0 Å². The van der Waals surface area contributed by atoms with Gasteiger partial charge in [-0.15, -0.1) is 0 Å². The topological polar surface area (TPSA) is 56.5 Å². The van der Waals surface area contributed by atoms with Crippen molar-refractivity contribution >= 4 is 27.7 Å². The summed E-state index contributed by atoms with van der Waals surface area (Å²) in [5.41, 5.74) is 0.816. The summed E-state index contributed by atoms with van der Waals surface area (Å²) < 4.78 is 11.0. The Bertz CT molecular complexity index is 1080. The van der Waals surface area contributed by atoms with Crippen LogP contribution in [0.3, 0.4) is 0 Å². The van der Waals surface area contributed by atoms with Gasteiger partial charge in [0, 0.05) is 23.4 Å². The van der Waals surface area contributed by atoms with Crippen LogP contribution < -0.4 is 5.63 Å². The summed E-state index contributed by atoms with van der Waals surface area (Å²) in [4.78, 5) is 24.4. The van der Waals surface area contributed by atoms with Crippen molar-refractivity contribution in [1.82, 2.24) is 0 Å². The van der Waals surface area contributed by atoms with Crippen molar-refractivity contribution in [3.8, 4) is 0 Å². The Morgan fingerprint density at radius 2 is 2.00 bits per heavy atom. The summed E-state index contributed by atoms with van der Waals surface area (Å²) in [6.07, 6.45) is 5.55. The highest BCUT2D eigenvalue weighted by Crippen LogP contribution is 2.49. The lowest BCUT2D eigenvalue weighted by molar-refractivity contribution is -0.146. The molecule has 3 atom stereocenters. The molecular weight excluding hydrogens is 340 g/mol. The van der Waals surface area contributed by atoms with Crippen molar-refractivity contribution in [2.45, 2.75) is 38.7 Å².